The van der Waals surface area contributed by atoms with E-state index >= 15 is 0 Å². The van der Waals surface area contributed by atoms with Gasteiger partial charge in [-0.1, -0.05) is 11.6 Å². The zero-order valence-electron chi connectivity index (χ0n) is 11.3. The van der Waals surface area contributed by atoms with Crippen LogP contribution in [-0.2, 0) is 0 Å². The molecule has 2 aliphatic rings. The molecule has 2 aromatic carbocycles. The second-order valence-electron chi connectivity index (χ2n) is 5.22. The first-order chi connectivity index (χ1) is 9.63. The fourth-order valence-corrected chi connectivity index (χ4v) is 2.80. The second-order valence-corrected chi connectivity index (χ2v) is 5.22. The molecule has 1 N–H and O–H groups in total. The zero-order chi connectivity index (χ0) is 13.9. The zero-order valence-corrected chi connectivity index (χ0v) is 11.3. The number of hydrogen-bond donors (Lipinski definition) is 1. The van der Waals surface area contributed by atoms with Crippen molar-refractivity contribution in [3.8, 4) is 17.2 Å². The number of benzene rings is 2. The summed E-state index contributed by atoms with van der Waals surface area (Å²) in [6, 6.07) is 11.3. The Bertz CT molecular complexity index is 937. The average molecular weight is 263 g/mol. The first-order valence-electron chi connectivity index (χ1n) is 6.56. The predicted octanol–water partition coefficient (Wildman–Crippen LogP) is 4.41. The highest BCUT2D eigenvalue weighted by Crippen LogP contribution is 2.39. The van der Waals surface area contributed by atoms with Crippen molar-refractivity contribution >= 4 is 21.9 Å². The molecule has 20 heavy (non-hydrogen) atoms. The molecule has 0 bridgehead atoms. The standard InChI is InChI=1S/C17H13NO2/c1-9-3-5-14-13(7-9)16-10(2)12-8-11(19)4-6-15(12)20-17(16)18-14/h3-8,19H,1-2H3. The summed E-state index contributed by atoms with van der Waals surface area (Å²) in [4.78, 5) is 4.56. The topological polar surface area (TPSA) is 46.3 Å². The maximum Gasteiger partial charge on any atom is 0.228 e. The van der Waals surface area contributed by atoms with Crippen LogP contribution in [0.25, 0.3) is 33.3 Å². The number of aryl methyl sites for hydroxylation is 2. The Hall–Kier alpha value is -2.55. The van der Waals surface area contributed by atoms with Crippen LogP contribution in [-0.4, -0.2) is 10.1 Å². The predicted molar refractivity (Wildman–Crippen MR) is 79.3 cm³/mol. The lowest BCUT2D eigenvalue weighted by Crippen LogP contribution is -1.86. The summed E-state index contributed by atoms with van der Waals surface area (Å²) in [6.45, 7) is 4.11. The van der Waals surface area contributed by atoms with Gasteiger partial charge in [0.1, 0.15) is 11.3 Å². The maximum atomic E-state index is 9.68. The number of hydrogen-bond acceptors (Lipinski definition) is 3. The number of aromatic nitrogens is 1. The number of aromatic hydroxyl groups is 1. The van der Waals surface area contributed by atoms with Crippen LogP contribution in [0.15, 0.2) is 40.8 Å². The van der Waals surface area contributed by atoms with Crippen molar-refractivity contribution < 1.29 is 9.52 Å². The summed E-state index contributed by atoms with van der Waals surface area (Å²) in [5.41, 5.74) is 5.00. The van der Waals surface area contributed by atoms with Gasteiger partial charge in [0.25, 0.3) is 0 Å². The molecule has 0 fully saturated rings. The van der Waals surface area contributed by atoms with Crippen LogP contribution < -0.4 is 0 Å². The Morgan fingerprint density at radius 1 is 1.00 bits per heavy atom. The summed E-state index contributed by atoms with van der Waals surface area (Å²) < 4.78 is 5.88. The normalized spacial score (nSPS) is 11.7. The summed E-state index contributed by atoms with van der Waals surface area (Å²) in [7, 11) is 0. The lowest BCUT2D eigenvalue weighted by Gasteiger charge is -2.08. The molecular formula is C17H13NO2. The van der Waals surface area contributed by atoms with Crippen LogP contribution in [0.2, 0.25) is 0 Å². The van der Waals surface area contributed by atoms with Gasteiger partial charge in [-0.2, -0.15) is 0 Å². The molecule has 0 radical (unpaired) electrons. The van der Waals surface area contributed by atoms with E-state index in [4.69, 9.17) is 4.42 Å². The van der Waals surface area contributed by atoms with Crippen molar-refractivity contribution in [1.29, 1.82) is 0 Å². The van der Waals surface area contributed by atoms with Gasteiger partial charge in [0.15, 0.2) is 0 Å². The van der Waals surface area contributed by atoms with Crippen LogP contribution in [0.1, 0.15) is 11.1 Å². The fourth-order valence-electron chi connectivity index (χ4n) is 2.80. The van der Waals surface area contributed by atoms with Crippen molar-refractivity contribution in [3.63, 3.8) is 0 Å². The highest BCUT2D eigenvalue weighted by Gasteiger charge is 2.19. The van der Waals surface area contributed by atoms with Gasteiger partial charge < -0.3 is 9.52 Å². The number of fused-ring (bicyclic) bond motifs is 4. The quantitative estimate of drug-likeness (QED) is 0.511. The van der Waals surface area contributed by atoms with E-state index in [9.17, 15) is 5.11 Å². The van der Waals surface area contributed by atoms with E-state index in [0.29, 0.717) is 5.89 Å². The molecule has 0 saturated carbocycles. The molecule has 4 rings (SSSR count). The van der Waals surface area contributed by atoms with E-state index in [1.54, 1.807) is 18.2 Å². The maximum absolute atomic E-state index is 9.68. The third-order valence-electron chi connectivity index (χ3n) is 3.81. The lowest BCUT2D eigenvalue weighted by atomic mass is 10.0. The molecule has 0 aromatic heterocycles. The van der Waals surface area contributed by atoms with Crippen LogP contribution in [0, 0.1) is 13.8 Å². The van der Waals surface area contributed by atoms with Gasteiger partial charge in [0, 0.05) is 10.8 Å². The molecule has 2 heterocycles. The Morgan fingerprint density at radius 3 is 2.70 bits per heavy atom. The Morgan fingerprint density at radius 2 is 1.85 bits per heavy atom. The summed E-state index contributed by atoms with van der Waals surface area (Å²) in [6.07, 6.45) is 0. The van der Waals surface area contributed by atoms with Crippen molar-refractivity contribution in [3.05, 3.63) is 47.5 Å². The molecule has 2 aliphatic heterocycles. The number of phenolic OH excluding ortho intramolecular Hbond substituents is 1. The van der Waals surface area contributed by atoms with E-state index in [-0.39, 0.29) is 5.75 Å². The summed E-state index contributed by atoms with van der Waals surface area (Å²) in [5.74, 6) is 0.899. The van der Waals surface area contributed by atoms with Crippen LogP contribution in [0.5, 0.6) is 5.75 Å². The fraction of sp³-hybridized carbons (Fsp3) is 0.118. The highest BCUT2D eigenvalue weighted by atomic mass is 16.3. The SMILES string of the molecule is Cc1ccc2nc3oc4ccc(O)cc4c(C)c-3c2c1. The van der Waals surface area contributed by atoms with E-state index in [1.165, 1.54) is 5.56 Å². The van der Waals surface area contributed by atoms with Crippen LogP contribution in [0.3, 0.4) is 0 Å². The summed E-state index contributed by atoms with van der Waals surface area (Å²) in [5, 5.41) is 11.7. The molecular weight excluding hydrogens is 250 g/mol. The molecule has 0 atom stereocenters. The number of rotatable bonds is 0. The molecule has 98 valence electrons. The number of nitrogens with zero attached hydrogens (tertiary/aromatic N) is 1. The Kier molecular flexibility index (Phi) is 2.11. The minimum absolute atomic E-state index is 0.246. The molecule has 0 aliphatic carbocycles. The first kappa shape index (κ1) is 11.3. The molecule has 3 nitrogen and oxygen atoms in total. The monoisotopic (exact) mass is 263 g/mol. The highest BCUT2D eigenvalue weighted by molar-refractivity contribution is 6.02. The Balaban J connectivity index is 2.25. The molecule has 3 heteroatoms. The third-order valence-corrected chi connectivity index (χ3v) is 3.81. The lowest BCUT2D eigenvalue weighted by molar-refractivity contribution is 0.475. The van der Waals surface area contributed by atoms with Crippen molar-refractivity contribution in [2.45, 2.75) is 13.8 Å². The van der Waals surface area contributed by atoms with Gasteiger partial charge in [0.05, 0.1) is 11.1 Å². The molecule has 0 amide bonds. The first-order valence-corrected chi connectivity index (χ1v) is 6.56. The summed E-state index contributed by atoms with van der Waals surface area (Å²) >= 11 is 0. The molecule has 0 spiro atoms. The van der Waals surface area contributed by atoms with E-state index in [0.717, 1.165) is 33.0 Å². The van der Waals surface area contributed by atoms with Gasteiger partial charge in [0.2, 0.25) is 5.89 Å². The van der Waals surface area contributed by atoms with Gasteiger partial charge in [-0.15, -0.1) is 0 Å². The molecule has 2 aromatic rings. The minimum atomic E-state index is 0.246. The van der Waals surface area contributed by atoms with Gasteiger partial charge in [-0.25, -0.2) is 4.98 Å². The van der Waals surface area contributed by atoms with Crippen LogP contribution >= 0.6 is 0 Å². The van der Waals surface area contributed by atoms with E-state index in [1.807, 2.05) is 13.0 Å². The molecule has 0 saturated heterocycles. The third kappa shape index (κ3) is 1.43. The van der Waals surface area contributed by atoms with Gasteiger partial charge in [-0.05, 0) is 49.7 Å². The smallest absolute Gasteiger partial charge is 0.228 e. The van der Waals surface area contributed by atoms with Crippen LogP contribution in [0.4, 0.5) is 0 Å². The van der Waals surface area contributed by atoms with Gasteiger partial charge >= 0.3 is 0 Å². The van der Waals surface area contributed by atoms with Crippen molar-refractivity contribution in [2.75, 3.05) is 0 Å². The van der Waals surface area contributed by atoms with Crippen molar-refractivity contribution in [2.24, 2.45) is 0 Å². The minimum Gasteiger partial charge on any atom is -0.508 e. The van der Waals surface area contributed by atoms with E-state index < -0.39 is 0 Å². The molecule has 0 unspecified atom stereocenters. The largest absolute Gasteiger partial charge is 0.508 e. The van der Waals surface area contributed by atoms with Gasteiger partial charge in [-0.3, -0.25) is 0 Å². The average Bonchev–Trinajstić information content (AvgIpc) is 2.77. The second kappa shape index (κ2) is 3.73. The number of phenols is 1. The van der Waals surface area contributed by atoms with E-state index in [2.05, 4.69) is 24.0 Å². The van der Waals surface area contributed by atoms with Crippen molar-refractivity contribution in [1.82, 2.24) is 4.98 Å². The Labute approximate surface area is 115 Å².